The van der Waals surface area contributed by atoms with Crippen LogP contribution in [0, 0.1) is 5.82 Å². The van der Waals surface area contributed by atoms with E-state index in [0.717, 1.165) is 34.8 Å². The molecule has 30 heavy (non-hydrogen) atoms. The summed E-state index contributed by atoms with van der Waals surface area (Å²) in [6.45, 7) is 5.54. The molecule has 0 aliphatic carbocycles. The Bertz CT molecular complexity index is 1040. The number of hydrogen-bond acceptors (Lipinski definition) is 6. The Morgan fingerprint density at radius 1 is 1.17 bits per heavy atom. The molecule has 1 atom stereocenters. The molecule has 1 saturated heterocycles. The van der Waals surface area contributed by atoms with Gasteiger partial charge < -0.3 is 10.1 Å². The molecule has 6 nitrogen and oxygen atoms in total. The molecule has 0 saturated carbocycles. The third kappa shape index (κ3) is 4.95. The number of nitrogens with zero attached hydrogens (tertiary/aromatic N) is 3. The van der Waals surface area contributed by atoms with Crippen LogP contribution >= 0.6 is 11.8 Å². The lowest BCUT2D eigenvalue weighted by molar-refractivity contribution is -0.115. The summed E-state index contributed by atoms with van der Waals surface area (Å²) >= 11 is 1.35. The maximum atomic E-state index is 13.9. The van der Waals surface area contributed by atoms with E-state index in [-0.39, 0.29) is 11.6 Å². The first kappa shape index (κ1) is 20.7. The van der Waals surface area contributed by atoms with Crippen LogP contribution in [-0.2, 0) is 16.1 Å². The van der Waals surface area contributed by atoms with E-state index < -0.39 is 11.1 Å². The van der Waals surface area contributed by atoms with E-state index >= 15 is 0 Å². The standard InChI is InChI=1S/C22H23FN4O2S/c1-15(21(28)25-19-9-5-3-7-17(19)23)30-22-16-6-2-4-8-18(16)24-20(26-22)14-27-10-12-29-13-11-27/h2-9,15H,10-14H2,1H3,(H,25,28)/t15-/m0/s1. The first-order valence-corrected chi connectivity index (χ1v) is 10.8. The number of ether oxygens (including phenoxy) is 1. The molecular weight excluding hydrogens is 403 g/mol. The highest BCUT2D eigenvalue weighted by Gasteiger charge is 2.20. The van der Waals surface area contributed by atoms with E-state index in [1.54, 1.807) is 25.1 Å². The maximum Gasteiger partial charge on any atom is 0.237 e. The fourth-order valence-electron chi connectivity index (χ4n) is 3.23. The highest BCUT2D eigenvalue weighted by atomic mass is 32.2. The fraction of sp³-hybridized carbons (Fsp3) is 0.318. The monoisotopic (exact) mass is 426 g/mol. The van der Waals surface area contributed by atoms with Crippen LogP contribution in [0.25, 0.3) is 10.9 Å². The van der Waals surface area contributed by atoms with Crippen LogP contribution in [0.1, 0.15) is 12.7 Å². The highest BCUT2D eigenvalue weighted by Crippen LogP contribution is 2.29. The number of aromatic nitrogens is 2. The van der Waals surface area contributed by atoms with Gasteiger partial charge in [0.25, 0.3) is 0 Å². The van der Waals surface area contributed by atoms with Crippen LogP contribution < -0.4 is 5.32 Å². The maximum absolute atomic E-state index is 13.9. The summed E-state index contributed by atoms with van der Waals surface area (Å²) < 4.78 is 19.3. The van der Waals surface area contributed by atoms with Gasteiger partial charge in [-0.3, -0.25) is 9.69 Å². The van der Waals surface area contributed by atoms with Crippen molar-refractivity contribution in [3.63, 3.8) is 0 Å². The van der Waals surface area contributed by atoms with Crippen LogP contribution in [0.5, 0.6) is 0 Å². The molecule has 1 aliphatic heterocycles. The average Bonchev–Trinajstić information content (AvgIpc) is 2.76. The summed E-state index contributed by atoms with van der Waals surface area (Å²) in [5.74, 6) is -0.00864. The van der Waals surface area contributed by atoms with Gasteiger partial charge in [0.2, 0.25) is 5.91 Å². The third-order valence-corrected chi connectivity index (χ3v) is 5.97. The number of amides is 1. The van der Waals surface area contributed by atoms with Gasteiger partial charge in [0.15, 0.2) is 0 Å². The van der Waals surface area contributed by atoms with Crippen molar-refractivity contribution in [2.24, 2.45) is 0 Å². The van der Waals surface area contributed by atoms with Crippen molar-refractivity contribution >= 4 is 34.3 Å². The minimum absolute atomic E-state index is 0.176. The summed E-state index contributed by atoms with van der Waals surface area (Å²) in [6, 6.07) is 13.9. The molecular formula is C22H23FN4O2S. The van der Waals surface area contributed by atoms with Gasteiger partial charge in [-0.05, 0) is 25.1 Å². The summed E-state index contributed by atoms with van der Waals surface area (Å²) in [6.07, 6.45) is 0. The number of nitrogens with one attached hydrogen (secondary N) is 1. The number of anilines is 1. The van der Waals surface area contributed by atoms with Crippen LogP contribution in [0.15, 0.2) is 53.6 Å². The highest BCUT2D eigenvalue weighted by molar-refractivity contribution is 8.00. The molecule has 2 heterocycles. The van der Waals surface area contributed by atoms with Crippen molar-refractivity contribution < 1.29 is 13.9 Å². The summed E-state index contributed by atoms with van der Waals surface area (Å²) in [5, 5.41) is 3.85. The van der Waals surface area contributed by atoms with Crippen molar-refractivity contribution in [3.8, 4) is 0 Å². The van der Waals surface area contributed by atoms with Crippen LogP contribution in [0.4, 0.5) is 10.1 Å². The molecule has 0 spiro atoms. The molecule has 1 N–H and O–H groups in total. The second-order valence-corrected chi connectivity index (χ2v) is 8.41. The van der Waals surface area contributed by atoms with Crippen LogP contribution in [0.2, 0.25) is 0 Å². The minimum atomic E-state index is -0.459. The Morgan fingerprint density at radius 2 is 1.90 bits per heavy atom. The van der Waals surface area contributed by atoms with E-state index in [9.17, 15) is 9.18 Å². The van der Waals surface area contributed by atoms with Gasteiger partial charge in [0, 0.05) is 18.5 Å². The van der Waals surface area contributed by atoms with Gasteiger partial charge in [0.05, 0.1) is 36.2 Å². The number of carbonyl (C=O) groups is 1. The summed E-state index contributed by atoms with van der Waals surface area (Å²) in [7, 11) is 0. The molecule has 2 aromatic carbocycles. The summed E-state index contributed by atoms with van der Waals surface area (Å²) in [4.78, 5) is 24.4. The molecule has 1 aromatic heterocycles. The van der Waals surface area contributed by atoms with Crippen molar-refractivity contribution in [1.82, 2.24) is 14.9 Å². The molecule has 8 heteroatoms. The van der Waals surface area contributed by atoms with Gasteiger partial charge >= 0.3 is 0 Å². The fourth-order valence-corrected chi connectivity index (χ4v) is 4.19. The topological polar surface area (TPSA) is 67.3 Å². The lowest BCUT2D eigenvalue weighted by Crippen LogP contribution is -2.36. The third-order valence-electron chi connectivity index (χ3n) is 4.87. The van der Waals surface area contributed by atoms with Crippen molar-refractivity contribution in [2.45, 2.75) is 23.7 Å². The van der Waals surface area contributed by atoms with Gasteiger partial charge in [-0.25, -0.2) is 14.4 Å². The molecule has 4 rings (SSSR count). The largest absolute Gasteiger partial charge is 0.379 e. The number of rotatable bonds is 6. The Morgan fingerprint density at radius 3 is 2.70 bits per heavy atom. The quantitative estimate of drug-likeness (QED) is 0.479. The van der Waals surface area contributed by atoms with Crippen LogP contribution in [-0.4, -0.2) is 52.3 Å². The SMILES string of the molecule is C[C@H](Sc1nc(CN2CCOCC2)nc2ccccc12)C(=O)Nc1ccccc1F. The molecule has 0 bridgehead atoms. The Hall–Kier alpha value is -2.55. The molecule has 0 unspecified atom stereocenters. The zero-order chi connectivity index (χ0) is 20.9. The smallest absolute Gasteiger partial charge is 0.237 e. The van der Waals surface area contributed by atoms with Gasteiger partial charge in [0.1, 0.15) is 16.7 Å². The molecule has 3 aromatic rings. The number of carbonyl (C=O) groups excluding carboxylic acids is 1. The molecule has 156 valence electrons. The number of halogens is 1. The predicted molar refractivity (Wildman–Crippen MR) is 116 cm³/mol. The summed E-state index contributed by atoms with van der Waals surface area (Å²) in [5.41, 5.74) is 1.02. The number of hydrogen-bond donors (Lipinski definition) is 1. The lowest BCUT2D eigenvalue weighted by Gasteiger charge is -2.26. The van der Waals surface area contributed by atoms with E-state index in [2.05, 4.69) is 10.2 Å². The first-order chi connectivity index (χ1) is 14.6. The van der Waals surface area contributed by atoms with Crippen LogP contribution in [0.3, 0.4) is 0 Å². The average molecular weight is 427 g/mol. The van der Waals surface area contributed by atoms with Gasteiger partial charge in [-0.1, -0.05) is 42.1 Å². The molecule has 1 amide bonds. The normalized spacial score (nSPS) is 15.8. The first-order valence-electron chi connectivity index (χ1n) is 9.88. The van der Waals surface area contributed by atoms with Crippen molar-refractivity contribution in [1.29, 1.82) is 0 Å². The molecule has 1 fully saturated rings. The number of para-hydroxylation sites is 2. The predicted octanol–water partition coefficient (Wildman–Crippen LogP) is 3.72. The number of benzene rings is 2. The van der Waals surface area contributed by atoms with E-state index in [1.165, 1.54) is 17.8 Å². The zero-order valence-corrected chi connectivity index (χ0v) is 17.5. The minimum Gasteiger partial charge on any atom is -0.379 e. The van der Waals surface area contributed by atoms with E-state index in [1.807, 2.05) is 24.3 Å². The van der Waals surface area contributed by atoms with Crippen molar-refractivity contribution in [3.05, 3.63) is 60.2 Å². The van der Waals surface area contributed by atoms with Crippen molar-refractivity contribution in [2.75, 3.05) is 31.6 Å². The van der Waals surface area contributed by atoms with Gasteiger partial charge in [-0.2, -0.15) is 0 Å². The second kappa shape index (κ2) is 9.51. The second-order valence-electron chi connectivity index (χ2n) is 7.08. The number of fused-ring (bicyclic) bond motifs is 1. The molecule has 0 radical (unpaired) electrons. The number of morpholine rings is 1. The van der Waals surface area contributed by atoms with E-state index in [4.69, 9.17) is 14.7 Å². The van der Waals surface area contributed by atoms with E-state index in [0.29, 0.717) is 19.8 Å². The Labute approximate surface area is 178 Å². The van der Waals surface area contributed by atoms with Gasteiger partial charge in [-0.15, -0.1) is 0 Å². The Kier molecular flexibility index (Phi) is 6.56. The lowest BCUT2D eigenvalue weighted by atomic mass is 10.2. The molecule has 1 aliphatic rings. The zero-order valence-electron chi connectivity index (χ0n) is 16.7. The number of thioether (sulfide) groups is 1. The Balaban J connectivity index is 1.54.